The minimum atomic E-state index is -4.66. The number of hydrogen-bond donors (Lipinski definition) is 0. The van der Waals surface area contributed by atoms with Crippen molar-refractivity contribution >= 4 is 9.84 Å². The van der Waals surface area contributed by atoms with Gasteiger partial charge >= 0.3 is 0 Å². The maximum Gasteiger partial charge on any atom is 0.200 e. The van der Waals surface area contributed by atoms with Gasteiger partial charge in [0.15, 0.2) is 33.1 Å². The van der Waals surface area contributed by atoms with Crippen molar-refractivity contribution in [1.82, 2.24) is 0 Å². The molecule has 23 heavy (non-hydrogen) atoms. The fraction of sp³-hybridized carbons (Fsp3) is 0.600. The number of halogens is 5. The molecule has 1 unspecified atom stereocenters. The van der Waals surface area contributed by atoms with Gasteiger partial charge in [-0.1, -0.05) is 39.5 Å². The highest BCUT2D eigenvalue weighted by molar-refractivity contribution is 7.92. The molecule has 0 saturated heterocycles. The fourth-order valence-corrected chi connectivity index (χ4v) is 4.43. The van der Waals surface area contributed by atoms with Crippen molar-refractivity contribution in [3.05, 3.63) is 29.1 Å². The average Bonchev–Trinajstić information content (AvgIpc) is 2.50. The predicted molar refractivity (Wildman–Crippen MR) is 76.3 cm³/mol. The van der Waals surface area contributed by atoms with Crippen molar-refractivity contribution in [2.24, 2.45) is 0 Å². The minimum absolute atomic E-state index is 0.0888. The van der Waals surface area contributed by atoms with Gasteiger partial charge in [0.25, 0.3) is 0 Å². The van der Waals surface area contributed by atoms with Gasteiger partial charge in [0, 0.05) is 0 Å². The highest BCUT2D eigenvalue weighted by atomic mass is 32.2. The van der Waals surface area contributed by atoms with Gasteiger partial charge in [0.2, 0.25) is 5.82 Å². The number of sulfone groups is 1. The van der Waals surface area contributed by atoms with Crippen molar-refractivity contribution in [2.45, 2.75) is 62.5 Å². The third-order valence-corrected chi connectivity index (χ3v) is 5.91. The summed E-state index contributed by atoms with van der Waals surface area (Å²) >= 11 is 0. The second-order valence-electron chi connectivity index (χ2n) is 5.35. The molecule has 0 fully saturated rings. The zero-order valence-corrected chi connectivity index (χ0v) is 13.8. The Morgan fingerprint density at radius 2 is 1.22 bits per heavy atom. The van der Waals surface area contributed by atoms with Gasteiger partial charge in [-0.05, 0) is 12.8 Å². The van der Waals surface area contributed by atoms with E-state index in [0.29, 0.717) is 19.3 Å². The SMILES string of the molecule is CCCCCC(CCC)S(=O)(=O)c1c(F)c(F)c(F)c(F)c1F. The molecule has 1 rings (SSSR count). The Hall–Kier alpha value is -1.18. The maximum absolute atomic E-state index is 13.8. The van der Waals surface area contributed by atoms with Crippen LogP contribution in [0.4, 0.5) is 22.0 Å². The summed E-state index contributed by atoms with van der Waals surface area (Å²) in [6, 6.07) is 0. The summed E-state index contributed by atoms with van der Waals surface area (Å²) in [7, 11) is -4.66. The first-order chi connectivity index (χ1) is 10.7. The third-order valence-electron chi connectivity index (χ3n) is 3.63. The van der Waals surface area contributed by atoms with Gasteiger partial charge in [0.1, 0.15) is 4.90 Å². The van der Waals surface area contributed by atoms with E-state index in [1.165, 1.54) is 0 Å². The van der Waals surface area contributed by atoms with E-state index in [0.717, 1.165) is 6.42 Å². The van der Waals surface area contributed by atoms with E-state index in [-0.39, 0.29) is 12.8 Å². The molecule has 0 spiro atoms. The molecule has 132 valence electrons. The van der Waals surface area contributed by atoms with E-state index in [4.69, 9.17) is 0 Å². The van der Waals surface area contributed by atoms with Crippen LogP contribution < -0.4 is 0 Å². The van der Waals surface area contributed by atoms with E-state index in [2.05, 4.69) is 0 Å². The quantitative estimate of drug-likeness (QED) is 0.218. The number of rotatable bonds is 8. The summed E-state index contributed by atoms with van der Waals surface area (Å²) in [6.45, 7) is 3.58. The van der Waals surface area contributed by atoms with Gasteiger partial charge in [-0.2, -0.15) is 0 Å². The normalized spacial score (nSPS) is 13.3. The lowest BCUT2D eigenvalue weighted by Crippen LogP contribution is -2.25. The first kappa shape index (κ1) is 19.9. The van der Waals surface area contributed by atoms with Crippen LogP contribution in [0.2, 0.25) is 0 Å². The van der Waals surface area contributed by atoms with Crippen molar-refractivity contribution < 1.29 is 30.4 Å². The summed E-state index contributed by atoms with van der Waals surface area (Å²) in [4.78, 5) is -1.72. The summed E-state index contributed by atoms with van der Waals surface area (Å²) in [6.07, 6.45) is 2.63. The monoisotopic (exact) mass is 358 g/mol. The largest absolute Gasteiger partial charge is 0.223 e. The van der Waals surface area contributed by atoms with E-state index < -0.39 is 49.1 Å². The Bertz CT molecular complexity index is 629. The van der Waals surface area contributed by atoms with Gasteiger partial charge in [-0.25, -0.2) is 30.4 Å². The average molecular weight is 358 g/mol. The maximum atomic E-state index is 13.8. The number of hydrogen-bond acceptors (Lipinski definition) is 2. The molecule has 1 aromatic rings. The molecule has 0 aromatic heterocycles. The van der Waals surface area contributed by atoms with Crippen molar-refractivity contribution in [3.8, 4) is 0 Å². The molecule has 0 aliphatic rings. The molecule has 8 heteroatoms. The fourth-order valence-electron chi connectivity index (χ4n) is 2.40. The van der Waals surface area contributed by atoms with Crippen LogP contribution in [-0.2, 0) is 9.84 Å². The van der Waals surface area contributed by atoms with Gasteiger partial charge < -0.3 is 0 Å². The standard InChI is InChI=1S/C15H19F5O2S/c1-3-5-6-8-9(7-4-2)23(21,22)15-13(19)11(17)10(16)12(18)14(15)20/h9H,3-8H2,1-2H3. The number of benzene rings is 1. The summed E-state index contributed by atoms with van der Waals surface area (Å²) in [5, 5.41) is -1.17. The molecule has 0 N–H and O–H groups in total. The lowest BCUT2D eigenvalue weighted by Gasteiger charge is -2.18. The lowest BCUT2D eigenvalue weighted by molar-refractivity contribution is 0.357. The smallest absolute Gasteiger partial charge is 0.200 e. The van der Waals surface area contributed by atoms with Gasteiger partial charge in [0.05, 0.1) is 5.25 Å². The summed E-state index contributed by atoms with van der Waals surface area (Å²) < 4.78 is 92.0. The highest BCUT2D eigenvalue weighted by Crippen LogP contribution is 2.32. The van der Waals surface area contributed by atoms with Crippen LogP contribution in [0.25, 0.3) is 0 Å². The molecule has 0 radical (unpaired) electrons. The molecule has 2 nitrogen and oxygen atoms in total. The van der Waals surface area contributed by atoms with Crippen LogP contribution in [0.5, 0.6) is 0 Å². The van der Waals surface area contributed by atoms with Crippen molar-refractivity contribution in [1.29, 1.82) is 0 Å². The zero-order chi connectivity index (χ0) is 17.8. The molecule has 1 aromatic carbocycles. The third kappa shape index (κ3) is 4.02. The Morgan fingerprint density at radius 1 is 0.739 bits per heavy atom. The summed E-state index contributed by atoms with van der Waals surface area (Å²) in [5.41, 5.74) is 0. The molecular weight excluding hydrogens is 339 g/mol. The van der Waals surface area contributed by atoms with Crippen LogP contribution in [0.1, 0.15) is 52.4 Å². The van der Waals surface area contributed by atoms with Crippen molar-refractivity contribution in [3.63, 3.8) is 0 Å². The van der Waals surface area contributed by atoms with Crippen LogP contribution in [-0.4, -0.2) is 13.7 Å². The minimum Gasteiger partial charge on any atom is -0.223 e. The van der Waals surface area contributed by atoms with E-state index in [9.17, 15) is 30.4 Å². The van der Waals surface area contributed by atoms with Crippen LogP contribution in [0, 0.1) is 29.1 Å². The van der Waals surface area contributed by atoms with E-state index in [1.807, 2.05) is 6.92 Å². The first-order valence-corrected chi connectivity index (χ1v) is 9.00. The topological polar surface area (TPSA) is 34.1 Å². The van der Waals surface area contributed by atoms with Crippen LogP contribution in [0.15, 0.2) is 4.90 Å². The first-order valence-electron chi connectivity index (χ1n) is 7.45. The van der Waals surface area contributed by atoms with E-state index >= 15 is 0 Å². The second kappa shape index (κ2) is 8.08. The Labute approximate surface area is 132 Å². The van der Waals surface area contributed by atoms with Gasteiger partial charge in [-0.3, -0.25) is 0 Å². The highest BCUT2D eigenvalue weighted by Gasteiger charge is 2.37. The Morgan fingerprint density at radius 3 is 1.65 bits per heavy atom. The van der Waals surface area contributed by atoms with Gasteiger partial charge in [-0.15, -0.1) is 0 Å². The molecule has 1 atom stereocenters. The molecule has 0 saturated carbocycles. The lowest BCUT2D eigenvalue weighted by atomic mass is 10.1. The summed E-state index contributed by atoms with van der Waals surface area (Å²) in [5.74, 6) is -11.4. The molecule has 0 aliphatic carbocycles. The van der Waals surface area contributed by atoms with Crippen LogP contribution >= 0.6 is 0 Å². The zero-order valence-electron chi connectivity index (χ0n) is 12.9. The molecule has 0 bridgehead atoms. The Kier molecular flexibility index (Phi) is 6.98. The molecular formula is C15H19F5O2S. The molecule has 0 aliphatic heterocycles. The Balaban J connectivity index is 3.40. The molecule has 0 amide bonds. The van der Waals surface area contributed by atoms with E-state index in [1.54, 1.807) is 6.92 Å². The predicted octanol–water partition coefficient (Wildman–Crippen LogP) is 4.90. The number of unbranched alkanes of at least 4 members (excludes halogenated alkanes) is 2. The van der Waals surface area contributed by atoms with Crippen LogP contribution in [0.3, 0.4) is 0 Å². The second-order valence-corrected chi connectivity index (χ2v) is 7.52. The molecule has 0 heterocycles. The van der Waals surface area contributed by atoms with Crippen molar-refractivity contribution in [2.75, 3.05) is 0 Å².